The summed E-state index contributed by atoms with van der Waals surface area (Å²) in [4.78, 5) is 34.4. The molecule has 0 radical (unpaired) electrons. The second-order valence-electron chi connectivity index (χ2n) is 25.8. The average Bonchev–Trinajstić information content (AvgIpc) is 4.08. The van der Waals surface area contributed by atoms with E-state index < -0.39 is 8.88 Å². The normalized spacial score (nSPS) is 15.8. The Morgan fingerprint density at radius 3 is 1.23 bits per heavy atom. The minimum Gasteiger partial charge on any atom is -0.361 e. The van der Waals surface area contributed by atoms with Gasteiger partial charge in [-0.25, -0.2) is 30.0 Å². The Morgan fingerprint density at radius 2 is 0.733 bits per heavy atom. The first kappa shape index (κ1) is 52.8. The molecule has 10 nitrogen and oxygen atoms in total. The molecule has 0 amide bonds. The van der Waals surface area contributed by atoms with Crippen LogP contribution in [-0.4, -0.2) is 53.9 Å². The second-order valence-corrected chi connectivity index (χ2v) is 28.3. The van der Waals surface area contributed by atoms with Crippen molar-refractivity contribution >= 4 is 65.4 Å². The van der Waals surface area contributed by atoms with Crippen LogP contribution in [0.3, 0.4) is 0 Å². The van der Waals surface area contributed by atoms with Crippen molar-refractivity contribution in [2.24, 2.45) is 30.0 Å². The fraction of sp³-hybridized carbons (Fsp3) is 0.500. The van der Waals surface area contributed by atoms with E-state index in [0.717, 1.165) is 82.3 Å². The molecular formula is C64H82N8O2Si. The van der Waals surface area contributed by atoms with Crippen molar-refractivity contribution in [2.75, 3.05) is 13.2 Å². The van der Waals surface area contributed by atoms with Gasteiger partial charge in [-0.05, 0) is 81.0 Å². The largest absolute Gasteiger partial charge is 0.603 e. The zero-order chi connectivity index (χ0) is 53.2. The van der Waals surface area contributed by atoms with Gasteiger partial charge in [0.25, 0.3) is 0 Å². The summed E-state index contributed by atoms with van der Waals surface area (Å²) in [7, 11) is -4.25. The van der Waals surface area contributed by atoms with E-state index in [0.29, 0.717) is 59.2 Å². The summed E-state index contributed by atoms with van der Waals surface area (Å²) in [5.74, 6) is 3.85. The van der Waals surface area contributed by atoms with E-state index in [1.807, 2.05) is 0 Å². The highest BCUT2D eigenvalue weighted by atomic mass is 28.4. The van der Waals surface area contributed by atoms with Crippen LogP contribution in [0, 0.1) is 0 Å². The van der Waals surface area contributed by atoms with E-state index >= 15 is 0 Å². The number of hydrogen-bond donors (Lipinski definition) is 0. The number of amidine groups is 4. The van der Waals surface area contributed by atoms with Gasteiger partial charge in [0.15, 0.2) is 23.3 Å². The molecule has 2 aromatic heterocycles. The van der Waals surface area contributed by atoms with Gasteiger partial charge in [0.1, 0.15) is 22.6 Å². The number of unbranched alkanes of at least 4 members (excludes halogenated alkanes) is 10. The lowest BCUT2D eigenvalue weighted by atomic mass is 9.85. The zero-order valence-electron chi connectivity index (χ0n) is 47.7. The van der Waals surface area contributed by atoms with Crippen LogP contribution in [0.5, 0.6) is 0 Å². The minimum atomic E-state index is -4.25. The molecule has 4 aliphatic heterocycles. The summed E-state index contributed by atoms with van der Waals surface area (Å²) in [6.45, 7) is 32.7. The van der Waals surface area contributed by atoms with Crippen LogP contribution < -0.4 is 11.0 Å². The molecule has 0 spiro atoms. The molecule has 11 heteroatoms. The topological polar surface area (TPSA) is 102 Å². The highest BCUT2D eigenvalue weighted by molar-refractivity contribution is 6.66. The Balaban J connectivity index is 1.41. The quantitative estimate of drug-likeness (QED) is 0.0712. The predicted molar refractivity (Wildman–Crippen MR) is 315 cm³/mol. The van der Waals surface area contributed by atoms with Crippen molar-refractivity contribution in [2.45, 2.75) is 196 Å². The Bertz CT molecular complexity index is 3450. The molecule has 4 aromatic carbocycles. The van der Waals surface area contributed by atoms with E-state index in [9.17, 15) is 0 Å². The van der Waals surface area contributed by atoms with Gasteiger partial charge in [-0.15, -0.1) is 0 Å². The smallest absolute Gasteiger partial charge is 0.361 e. The molecule has 6 bridgehead atoms. The van der Waals surface area contributed by atoms with Gasteiger partial charge in [-0.2, -0.15) is 0 Å². The van der Waals surface area contributed by atoms with Crippen LogP contribution in [0.25, 0.3) is 21.5 Å². The summed E-state index contributed by atoms with van der Waals surface area (Å²) < 4.78 is 20.6. The Kier molecular flexibility index (Phi) is 14.1. The second kappa shape index (κ2) is 20.1. The van der Waals surface area contributed by atoms with E-state index in [2.05, 4.69) is 178 Å². The van der Waals surface area contributed by atoms with E-state index in [4.69, 9.17) is 38.8 Å². The van der Waals surface area contributed by atoms with Crippen molar-refractivity contribution in [3.8, 4) is 0 Å². The van der Waals surface area contributed by atoms with E-state index in [1.165, 1.54) is 60.8 Å². The number of benzene rings is 4. The van der Waals surface area contributed by atoms with Crippen molar-refractivity contribution in [1.82, 2.24) is 8.47 Å². The van der Waals surface area contributed by atoms with E-state index in [1.54, 1.807) is 0 Å². The van der Waals surface area contributed by atoms with Gasteiger partial charge in [-0.1, -0.05) is 210 Å². The standard InChI is InChI=1S/C64H82N8O2Si/c1-15-17-19-21-23-25-35-73-75(74-36-26-24-22-20-18-16-2)71-57-47-33-29-43(63(9,10)11)39-51(47)60(71)68-54-46-32-28-42(62(6,7)8)38-50(46)56(66-54)70-58-48-34-30-44(64(12,13)14)40-52(48)59(72(58)75)67-53-45-31-27-41(61(3,4)5)37-49(45)55(65-53)69-57/h27-34,37-40H,15-26,35-36H2,1-14H3. The van der Waals surface area contributed by atoms with Crippen molar-refractivity contribution in [3.63, 3.8) is 0 Å². The number of rotatable bonds is 16. The molecule has 6 aromatic rings. The molecular weight excluding hydrogens is 941 g/mol. The number of aromatic nitrogens is 2. The van der Waals surface area contributed by atoms with Crippen molar-refractivity contribution < 1.29 is 8.85 Å². The molecule has 0 aliphatic carbocycles. The van der Waals surface area contributed by atoms with Crippen molar-refractivity contribution in [3.05, 3.63) is 128 Å². The maximum Gasteiger partial charge on any atom is 0.603 e. The minimum absolute atomic E-state index is 0.116. The first-order chi connectivity index (χ1) is 35.6. The van der Waals surface area contributed by atoms with Gasteiger partial charge in [0, 0.05) is 57.0 Å². The molecule has 0 saturated carbocycles. The summed E-state index contributed by atoms with van der Waals surface area (Å²) in [5, 5.41) is 3.82. The molecule has 6 heterocycles. The van der Waals surface area contributed by atoms with Gasteiger partial charge >= 0.3 is 8.88 Å². The fourth-order valence-electron chi connectivity index (χ4n) is 11.0. The van der Waals surface area contributed by atoms with Gasteiger partial charge < -0.3 is 8.85 Å². The lowest BCUT2D eigenvalue weighted by Crippen LogP contribution is -2.64. The molecule has 0 N–H and O–H groups in total. The predicted octanol–water partition coefficient (Wildman–Crippen LogP) is 15.3. The van der Waals surface area contributed by atoms with Crippen LogP contribution in [0.4, 0.5) is 11.6 Å². The third-order valence-corrected chi connectivity index (χ3v) is 18.9. The molecule has 394 valence electrons. The molecule has 4 aliphatic rings. The first-order valence-corrected chi connectivity index (χ1v) is 30.1. The Morgan fingerprint density at radius 1 is 0.360 bits per heavy atom. The fourth-order valence-corrected chi connectivity index (χ4v) is 14.4. The number of hydrogen-bond acceptors (Lipinski definition) is 8. The van der Waals surface area contributed by atoms with Gasteiger partial charge in [0.2, 0.25) is 0 Å². The highest BCUT2D eigenvalue weighted by Gasteiger charge is 2.53. The lowest BCUT2D eigenvalue weighted by molar-refractivity contribution is 0.142. The van der Waals surface area contributed by atoms with E-state index in [-0.39, 0.29) is 21.7 Å². The van der Waals surface area contributed by atoms with Crippen LogP contribution in [0.2, 0.25) is 0 Å². The Hall–Kier alpha value is -5.62. The molecule has 0 saturated heterocycles. The summed E-state index contributed by atoms with van der Waals surface area (Å²) in [5.41, 5.74) is 9.43. The maximum absolute atomic E-state index is 7.98. The van der Waals surface area contributed by atoms with Gasteiger partial charge in [0.05, 0.1) is 0 Å². The molecule has 0 atom stereocenters. The maximum atomic E-state index is 7.98. The van der Waals surface area contributed by atoms with Crippen molar-refractivity contribution in [1.29, 1.82) is 0 Å². The monoisotopic (exact) mass is 1020 g/mol. The molecule has 0 fully saturated rings. The lowest BCUT2D eigenvalue weighted by Gasteiger charge is -2.33. The average molecular weight is 1020 g/mol. The van der Waals surface area contributed by atoms with Gasteiger partial charge in [-0.3, -0.25) is 8.47 Å². The third kappa shape index (κ3) is 9.91. The third-order valence-electron chi connectivity index (χ3n) is 15.7. The number of fused-ring (bicyclic) bond motifs is 14. The SMILES string of the molecule is CCCCCCCCO[Si]1(OCCCCCCCC)n2c3c4cc(C(C)(C)C)ccc4c2N=C2N=C(N=c4c5cc(C(C)(C)C)ccc5c(n41)=NC1=NC(=N3)c3ccc(C(C)(C)C)cc31)c1ccc(C(C)(C)C)cc12. The van der Waals surface area contributed by atoms with Crippen LogP contribution in [0.15, 0.2) is 103 Å². The number of nitrogens with zero attached hydrogens (tertiary/aromatic N) is 8. The van der Waals surface area contributed by atoms with Crippen LogP contribution >= 0.6 is 0 Å². The summed E-state index contributed by atoms with van der Waals surface area (Å²) in [6, 6.07) is 27.1. The Labute approximate surface area is 447 Å². The molecule has 75 heavy (non-hydrogen) atoms. The summed E-state index contributed by atoms with van der Waals surface area (Å²) >= 11 is 0. The highest BCUT2D eigenvalue weighted by Crippen LogP contribution is 2.46. The number of aliphatic imine (C=N–C) groups is 4. The first-order valence-electron chi connectivity index (χ1n) is 28.4. The summed E-state index contributed by atoms with van der Waals surface area (Å²) in [6.07, 6.45) is 13.4. The molecule has 10 rings (SSSR count). The van der Waals surface area contributed by atoms with Crippen LogP contribution in [0.1, 0.15) is 218 Å². The zero-order valence-corrected chi connectivity index (χ0v) is 48.7. The van der Waals surface area contributed by atoms with Crippen LogP contribution in [-0.2, 0) is 30.5 Å². The molecule has 0 unspecified atom stereocenters.